The standard InChI is InChI=1S/C14H21ClN2/c1-14(2)11-16-8-10-17(14)9-7-12-5-3-4-6-13(12)15/h3-6,16H,7-11H2,1-2H3. The van der Waals surface area contributed by atoms with Crippen molar-refractivity contribution in [3.05, 3.63) is 34.9 Å². The van der Waals surface area contributed by atoms with E-state index in [0.717, 1.165) is 37.6 Å². The third kappa shape index (κ3) is 3.21. The molecule has 0 aliphatic carbocycles. The third-order valence-electron chi connectivity index (χ3n) is 3.58. The van der Waals surface area contributed by atoms with Crippen molar-refractivity contribution in [3.8, 4) is 0 Å². The fourth-order valence-electron chi connectivity index (χ4n) is 2.39. The van der Waals surface area contributed by atoms with Crippen LogP contribution in [0.25, 0.3) is 0 Å². The Labute approximate surface area is 109 Å². The number of piperazine rings is 1. The van der Waals surface area contributed by atoms with Gasteiger partial charge in [-0.15, -0.1) is 0 Å². The van der Waals surface area contributed by atoms with Crippen LogP contribution < -0.4 is 5.32 Å². The summed E-state index contributed by atoms with van der Waals surface area (Å²) in [5.41, 5.74) is 1.50. The van der Waals surface area contributed by atoms with Gasteiger partial charge >= 0.3 is 0 Å². The van der Waals surface area contributed by atoms with E-state index >= 15 is 0 Å². The van der Waals surface area contributed by atoms with Gasteiger partial charge in [0.15, 0.2) is 0 Å². The monoisotopic (exact) mass is 252 g/mol. The molecule has 2 rings (SSSR count). The van der Waals surface area contributed by atoms with E-state index in [1.54, 1.807) is 0 Å². The summed E-state index contributed by atoms with van der Waals surface area (Å²) in [7, 11) is 0. The van der Waals surface area contributed by atoms with E-state index in [1.165, 1.54) is 5.56 Å². The first-order valence-electron chi connectivity index (χ1n) is 6.29. The molecule has 0 spiro atoms. The summed E-state index contributed by atoms with van der Waals surface area (Å²) in [4.78, 5) is 2.55. The zero-order chi connectivity index (χ0) is 12.3. The molecule has 1 aromatic rings. The van der Waals surface area contributed by atoms with Crippen LogP contribution in [0.3, 0.4) is 0 Å². The Balaban J connectivity index is 1.96. The van der Waals surface area contributed by atoms with E-state index in [9.17, 15) is 0 Å². The summed E-state index contributed by atoms with van der Waals surface area (Å²) in [5, 5.41) is 4.34. The van der Waals surface area contributed by atoms with E-state index < -0.39 is 0 Å². The molecule has 1 saturated heterocycles. The van der Waals surface area contributed by atoms with Gasteiger partial charge < -0.3 is 5.32 Å². The molecule has 17 heavy (non-hydrogen) atoms. The Morgan fingerprint density at radius 3 is 2.82 bits per heavy atom. The van der Waals surface area contributed by atoms with Gasteiger partial charge in [0.05, 0.1) is 0 Å². The Bertz CT molecular complexity index is 376. The zero-order valence-corrected chi connectivity index (χ0v) is 11.4. The van der Waals surface area contributed by atoms with Crippen LogP contribution in [0.15, 0.2) is 24.3 Å². The highest BCUT2D eigenvalue weighted by Gasteiger charge is 2.28. The highest BCUT2D eigenvalue weighted by Crippen LogP contribution is 2.19. The first-order chi connectivity index (χ1) is 8.09. The largest absolute Gasteiger partial charge is 0.314 e. The molecule has 0 radical (unpaired) electrons. The Kier molecular flexibility index (Phi) is 4.08. The summed E-state index contributed by atoms with van der Waals surface area (Å²) < 4.78 is 0. The summed E-state index contributed by atoms with van der Waals surface area (Å²) in [6.07, 6.45) is 1.03. The van der Waals surface area contributed by atoms with Crippen LogP contribution in [-0.4, -0.2) is 36.6 Å². The van der Waals surface area contributed by atoms with Crippen LogP contribution in [0, 0.1) is 0 Å². The maximum Gasteiger partial charge on any atom is 0.0438 e. The topological polar surface area (TPSA) is 15.3 Å². The first-order valence-corrected chi connectivity index (χ1v) is 6.66. The average Bonchev–Trinajstić information content (AvgIpc) is 2.29. The molecule has 0 unspecified atom stereocenters. The highest BCUT2D eigenvalue weighted by atomic mass is 35.5. The summed E-state index contributed by atoms with van der Waals surface area (Å²) >= 11 is 6.18. The molecular formula is C14H21ClN2. The van der Waals surface area contributed by atoms with E-state index in [-0.39, 0.29) is 5.54 Å². The van der Waals surface area contributed by atoms with Crippen molar-refractivity contribution >= 4 is 11.6 Å². The van der Waals surface area contributed by atoms with Crippen molar-refractivity contribution in [2.75, 3.05) is 26.2 Å². The van der Waals surface area contributed by atoms with Gasteiger partial charge in [0.25, 0.3) is 0 Å². The molecule has 2 nitrogen and oxygen atoms in total. The second-order valence-corrected chi connectivity index (χ2v) is 5.72. The van der Waals surface area contributed by atoms with Crippen LogP contribution in [0.5, 0.6) is 0 Å². The Hall–Kier alpha value is -0.570. The minimum Gasteiger partial charge on any atom is -0.314 e. The van der Waals surface area contributed by atoms with E-state index in [4.69, 9.17) is 11.6 Å². The van der Waals surface area contributed by atoms with E-state index in [0.29, 0.717) is 0 Å². The predicted octanol–water partition coefficient (Wildman–Crippen LogP) is 2.57. The molecule has 0 bridgehead atoms. The summed E-state index contributed by atoms with van der Waals surface area (Å²) in [6, 6.07) is 8.14. The highest BCUT2D eigenvalue weighted by molar-refractivity contribution is 6.31. The third-order valence-corrected chi connectivity index (χ3v) is 3.95. The molecule has 3 heteroatoms. The molecule has 0 atom stereocenters. The Morgan fingerprint density at radius 1 is 1.35 bits per heavy atom. The van der Waals surface area contributed by atoms with Crippen LogP contribution >= 0.6 is 11.6 Å². The van der Waals surface area contributed by atoms with Crippen LogP contribution in [0.1, 0.15) is 19.4 Å². The van der Waals surface area contributed by atoms with Gasteiger partial charge in [-0.05, 0) is 31.9 Å². The summed E-state index contributed by atoms with van der Waals surface area (Å²) in [6.45, 7) is 8.95. The zero-order valence-electron chi connectivity index (χ0n) is 10.7. The molecule has 0 amide bonds. The van der Waals surface area contributed by atoms with Gasteiger partial charge in [-0.3, -0.25) is 4.90 Å². The molecule has 0 saturated carbocycles. The van der Waals surface area contributed by atoms with Gasteiger partial charge in [0.2, 0.25) is 0 Å². The normalized spacial score (nSPS) is 20.4. The predicted molar refractivity (Wildman–Crippen MR) is 73.7 cm³/mol. The molecule has 1 aliphatic rings. The number of nitrogens with one attached hydrogen (secondary N) is 1. The van der Waals surface area contributed by atoms with Crippen molar-refractivity contribution in [1.29, 1.82) is 0 Å². The lowest BCUT2D eigenvalue weighted by Crippen LogP contribution is -2.58. The lowest BCUT2D eigenvalue weighted by atomic mass is 9.99. The number of halogens is 1. The van der Waals surface area contributed by atoms with Crippen molar-refractivity contribution in [1.82, 2.24) is 10.2 Å². The minimum atomic E-state index is 0.250. The van der Waals surface area contributed by atoms with Crippen molar-refractivity contribution < 1.29 is 0 Å². The number of benzene rings is 1. The summed E-state index contributed by atoms with van der Waals surface area (Å²) in [5.74, 6) is 0. The van der Waals surface area contributed by atoms with Crippen LogP contribution in [0.2, 0.25) is 5.02 Å². The van der Waals surface area contributed by atoms with Crippen LogP contribution in [0.4, 0.5) is 0 Å². The molecule has 0 aromatic heterocycles. The lowest BCUT2D eigenvalue weighted by molar-refractivity contribution is 0.0921. The number of hydrogen-bond acceptors (Lipinski definition) is 2. The van der Waals surface area contributed by atoms with Crippen molar-refractivity contribution in [3.63, 3.8) is 0 Å². The minimum absolute atomic E-state index is 0.250. The molecule has 94 valence electrons. The van der Waals surface area contributed by atoms with Gasteiger partial charge in [-0.1, -0.05) is 29.8 Å². The maximum absolute atomic E-state index is 6.18. The second-order valence-electron chi connectivity index (χ2n) is 5.32. The van der Waals surface area contributed by atoms with Gasteiger partial charge in [-0.25, -0.2) is 0 Å². The number of rotatable bonds is 3. The molecule has 1 fully saturated rings. The molecule has 1 aromatic carbocycles. The second kappa shape index (κ2) is 5.38. The van der Waals surface area contributed by atoms with Gasteiger partial charge in [0, 0.05) is 36.7 Å². The lowest BCUT2D eigenvalue weighted by Gasteiger charge is -2.43. The van der Waals surface area contributed by atoms with Crippen molar-refractivity contribution in [2.24, 2.45) is 0 Å². The first kappa shape index (κ1) is 12.9. The SMILES string of the molecule is CC1(C)CNCCN1CCc1ccccc1Cl. The number of nitrogens with zero attached hydrogens (tertiary/aromatic N) is 1. The molecule has 1 N–H and O–H groups in total. The number of hydrogen-bond donors (Lipinski definition) is 1. The van der Waals surface area contributed by atoms with E-state index in [2.05, 4.69) is 36.2 Å². The quantitative estimate of drug-likeness (QED) is 0.890. The molecule has 1 heterocycles. The van der Waals surface area contributed by atoms with Gasteiger partial charge in [0.1, 0.15) is 0 Å². The smallest absolute Gasteiger partial charge is 0.0438 e. The maximum atomic E-state index is 6.18. The van der Waals surface area contributed by atoms with E-state index in [1.807, 2.05) is 12.1 Å². The van der Waals surface area contributed by atoms with Crippen molar-refractivity contribution in [2.45, 2.75) is 25.8 Å². The molecular weight excluding hydrogens is 232 g/mol. The molecule has 1 aliphatic heterocycles. The average molecular weight is 253 g/mol. The Morgan fingerprint density at radius 2 is 2.12 bits per heavy atom. The fraction of sp³-hybridized carbons (Fsp3) is 0.571. The van der Waals surface area contributed by atoms with Crippen LogP contribution in [-0.2, 0) is 6.42 Å². The van der Waals surface area contributed by atoms with Gasteiger partial charge in [-0.2, -0.15) is 0 Å². The fourth-order valence-corrected chi connectivity index (χ4v) is 2.62.